The number of esters is 1. The second-order valence-electron chi connectivity index (χ2n) is 7.79. The van der Waals surface area contributed by atoms with Crippen LogP contribution in [0.15, 0.2) is 24.3 Å². The molecule has 1 saturated carbocycles. The first-order valence-electron chi connectivity index (χ1n) is 10.8. The van der Waals surface area contributed by atoms with E-state index in [1.54, 1.807) is 24.3 Å². The molecule has 3 N–H and O–H groups in total. The molecule has 1 aliphatic carbocycles. The lowest BCUT2D eigenvalue weighted by atomic mass is 9.87. The Hall–Kier alpha value is -3.18. The summed E-state index contributed by atoms with van der Waals surface area (Å²) in [5.74, 6) is -3.30. The zero-order chi connectivity index (χ0) is 24.4. The van der Waals surface area contributed by atoms with Crippen molar-refractivity contribution >= 4 is 23.9 Å². The molecule has 1 aliphatic rings. The third-order valence-corrected chi connectivity index (χ3v) is 5.35. The number of carboxylic acid groups (broad SMARTS) is 3. The summed E-state index contributed by atoms with van der Waals surface area (Å²) < 4.78 is 10.7. The van der Waals surface area contributed by atoms with Crippen molar-refractivity contribution in [3.8, 4) is 11.5 Å². The number of carbonyl (C=O) groups is 4. The van der Waals surface area contributed by atoms with Gasteiger partial charge in [0.2, 0.25) is 0 Å². The Balaban J connectivity index is 2.17. The summed E-state index contributed by atoms with van der Waals surface area (Å²) in [7, 11) is 0. The van der Waals surface area contributed by atoms with Crippen LogP contribution in [0, 0.1) is 0 Å². The number of carboxylic acids is 3. The van der Waals surface area contributed by atoms with Crippen LogP contribution in [0.3, 0.4) is 0 Å². The van der Waals surface area contributed by atoms with Gasteiger partial charge < -0.3 is 24.8 Å². The molecule has 11 heteroatoms. The molecule has 0 aliphatic heterocycles. The van der Waals surface area contributed by atoms with Gasteiger partial charge in [0.15, 0.2) is 0 Å². The average Bonchev–Trinajstić information content (AvgIpc) is 2.73. The minimum absolute atomic E-state index is 0.275. The number of carbonyl (C=O) groups excluding carboxylic acids is 1. The van der Waals surface area contributed by atoms with Crippen LogP contribution in [0.1, 0.15) is 32.6 Å². The molecule has 0 aromatic heterocycles. The van der Waals surface area contributed by atoms with E-state index >= 15 is 0 Å². The third kappa shape index (κ3) is 8.70. The Morgan fingerprint density at radius 2 is 1.21 bits per heavy atom. The molecule has 1 aromatic carbocycles. The Bertz CT molecular complexity index is 812. The number of rotatable bonds is 13. The fourth-order valence-electron chi connectivity index (χ4n) is 4.15. The van der Waals surface area contributed by atoms with E-state index in [0.717, 1.165) is 12.8 Å². The van der Waals surface area contributed by atoms with Crippen LogP contribution in [0.25, 0.3) is 0 Å². The van der Waals surface area contributed by atoms with Crippen molar-refractivity contribution in [3.63, 3.8) is 0 Å². The predicted octanol–water partition coefficient (Wildman–Crippen LogP) is 1.16. The second kappa shape index (κ2) is 12.8. The second-order valence-corrected chi connectivity index (χ2v) is 7.79. The zero-order valence-corrected chi connectivity index (χ0v) is 18.5. The van der Waals surface area contributed by atoms with Crippen LogP contribution < -0.4 is 9.47 Å². The van der Waals surface area contributed by atoms with Crippen LogP contribution >= 0.6 is 0 Å². The van der Waals surface area contributed by atoms with E-state index in [9.17, 15) is 34.5 Å². The average molecular weight is 466 g/mol. The number of benzene rings is 1. The first-order chi connectivity index (χ1) is 15.7. The Morgan fingerprint density at radius 1 is 0.788 bits per heavy atom. The topological polar surface area (TPSA) is 154 Å². The standard InChI is InChI=1S/C22H30N2O9/c1-2-32-15-7-9-16(10-8-15)33-22(31)14-24(13-21(29)30)18-6-4-3-5-17(18)23(11-19(25)26)12-20(27)28/h7-10,17-18H,2-6,11-14H2,1H3,(H,25,26)(H,27,28)(H,29,30)/t17-,18-/m1/s1. The number of aliphatic carboxylic acids is 3. The largest absolute Gasteiger partial charge is 0.494 e. The first-order valence-corrected chi connectivity index (χ1v) is 10.8. The van der Waals surface area contributed by atoms with Crippen molar-refractivity contribution in [3.05, 3.63) is 24.3 Å². The highest BCUT2D eigenvalue weighted by atomic mass is 16.5. The number of nitrogens with zero attached hydrogens (tertiary/aromatic N) is 2. The normalized spacial score (nSPS) is 18.2. The predicted molar refractivity (Wildman–Crippen MR) is 115 cm³/mol. The summed E-state index contributed by atoms with van der Waals surface area (Å²) in [6, 6.07) is 5.39. The van der Waals surface area contributed by atoms with E-state index in [0.29, 0.717) is 25.2 Å². The number of hydrogen-bond donors (Lipinski definition) is 3. The molecular formula is C22H30N2O9. The maximum atomic E-state index is 12.6. The summed E-state index contributed by atoms with van der Waals surface area (Å²) in [6.45, 7) is 0.544. The van der Waals surface area contributed by atoms with Gasteiger partial charge in [-0.25, -0.2) is 0 Å². The van der Waals surface area contributed by atoms with Gasteiger partial charge in [0.25, 0.3) is 0 Å². The van der Waals surface area contributed by atoms with Crippen molar-refractivity contribution < 1.29 is 44.0 Å². The van der Waals surface area contributed by atoms with Crippen LogP contribution in [0.2, 0.25) is 0 Å². The van der Waals surface area contributed by atoms with Crippen LogP contribution in [0.4, 0.5) is 0 Å². The molecule has 0 radical (unpaired) electrons. The van der Waals surface area contributed by atoms with Crippen molar-refractivity contribution in [2.75, 3.05) is 32.8 Å². The van der Waals surface area contributed by atoms with Gasteiger partial charge in [0.1, 0.15) is 11.5 Å². The van der Waals surface area contributed by atoms with E-state index in [1.165, 1.54) is 9.80 Å². The van der Waals surface area contributed by atoms with Gasteiger partial charge >= 0.3 is 23.9 Å². The maximum absolute atomic E-state index is 12.6. The Labute approximate surface area is 191 Å². The van der Waals surface area contributed by atoms with Gasteiger partial charge in [-0.1, -0.05) is 12.8 Å². The Morgan fingerprint density at radius 3 is 1.64 bits per heavy atom. The van der Waals surface area contributed by atoms with Crippen molar-refractivity contribution in [1.29, 1.82) is 0 Å². The third-order valence-electron chi connectivity index (χ3n) is 5.35. The van der Waals surface area contributed by atoms with Gasteiger partial charge in [-0.3, -0.25) is 29.0 Å². The van der Waals surface area contributed by atoms with E-state index in [2.05, 4.69) is 0 Å². The Kier molecular flexibility index (Phi) is 10.1. The molecule has 33 heavy (non-hydrogen) atoms. The zero-order valence-electron chi connectivity index (χ0n) is 18.5. The van der Waals surface area contributed by atoms with Gasteiger partial charge in [-0.15, -0.1) is 0 Å². The van der Waals surface area contributed by atoms with Gasteiger partial charge in [0.05, 0.1) is 32.8 Å². The molecule has 0 unspecified atom stereocenters. The molecule has 1 aromatic rings. The molecule has 2 atom stereocenters. The van der Waals surface area contributed by atoms with Crippen molar-refractivity contribution in [2.24, 2.45) is 0 Å². The molecule has 11 nitrogen and oxygen atoms in total. The highest BCUT2D eigenvalue weighted by Gasteiger charge is 2.37. The molecule has 0 bridgehead atoms. The van der Waals surface area contributed by atoms with Gasteiger partial charge in [-0.2, -0.15) is 0 Å². The van der Waals surface area contributed by atoms with E-state index in [-0.39, 0.29) is 12.3 Å². The fourth-order valence-corrected chi connectivity index (χ4v) is 4.15. The molecule has 0 amide bonds. The smallest absolute Gasteiger partial charge is 0.325 e. The summed E-state index contributed by atoms with van der Waals surface area (Å²) in [4.78, 5) is 49.5. The van der Waals surface area contributed by atoms with Gasteiger partial charge in [-0.05, 0) is 44.0 Å². The van der Waals surface area contributed by atoms with Crippen LogP contribution in [-0.4, -0.2) is 93.9 Å². The molecular weight excluding hydrogens is 436 g/mol. The van der Waals surface area contributed by atoms with Crippen LogP contribution in [0.5, 0.6) is 11.5 Å². The lowest BCUT2D eigenvalue weighted by Gasteiger charge is -2.43. The fraction of sp³-hybridized carbons (Fsp3) is 0.545. The summed E-state index contributed by atoms with van der Waals surface area (Å²) >= 11 is 0. The monoisotopic (exact) mass is 466 g/mol. The summed E-state index contributed by atoms with van der Waals surface area (Å²) in [6.07, 6.45) is 2.49. The summed E-state index contributed by atoms with van der Waals surface area (Å²) in [5, 5.41) is 27.9. The van der Waals surface area contributed by atoms with Crippen molar-refractivity contribution in [1.82, 2.24) is 9.80 Å². The highest BCUT2D eigenvalue weighted by molar-refractivity contribution is 5.76. The minimum Gasteiger partial charge on any atom is -0.494 e. The lowest BCUT2D eigenvalue weighted by Crippen LogP contribution is -2.57. The quantitative estimate of drug-likeness (QED) is 0.283. The van der Waals surface area contributed by atoms with Crippen molar-refractivity contribution in [2.45, 2.75) is 44.7 Å². The molecule has 182 valence electrons. The van der Waals surface area contributed by atoms with Crippen LogP contribution in [-0.2, 0) is 19.2 Å². The minimum atomic E-state index is -1.18. The highest BCUT2D eigenvalue weighted by Crippen LogP contribution is 2.28. The lowest BCUT2D eigenvalue weighted by molar-refractivity contribution is -0.148. The first kappa shape index (κ1) is 26.1. The number of hydrogen-bond acceptors (Lipinski definition) is 8. The van der Waals surface area contributed by atoms with Gasteiger partial charge in [0, 0.05) is 12.1 Å². The molecule has 2 rings (SSSR count). The molecule has 1 fully saturated rings. The molecule has 0 spiro atoms. The molecule has 0 heterocycles. The maximum Gasteiger partial charge on any atom is 0.325 e. The number of ether oxygens (including phenoxy) is 2. The van der Waals surface area contributed by atoms with E-state index < -0.39 is 55.6 Å². The molecule has 0 saturated heterocycles. The SMILES string of the molecule is CCOc1ccc(OC(=O)CN(CC(=O)O)[C@@H]2CCCC[C@H]2N(CC(=O)O)CC(=O)O)cc1. The van der Waals surface area contributed by atoms with E-state index in [1.807, 2.05) is 6.92 Å². The summed E-state index contributed by atoms with van der Waals surface area (Å²) in [5.41, 5.74) is 0. The van der Waals surface area contributed by atoms with E-state index in [4.69, 9.17) is 9.47 Å².